The Labute approximate surface area is 198 Å². The molecule has 1 fully saturated rings. The molecule has 1 atom stereocenters. The van der Waals surface area contributed by atoms with E-state index in [0.29, 0.717) is 17.1 Å². The first-order valence-corrected chi connectivity index (χ1v) is 10.5. The number of halogens is 2. The molecule has 1 saturated heterocycles. The number of nitrogens with zero attached hydrogens (tertiary/aromatic N) is 2. The number of furan rings is 1. The maximum atomic E-state index is 13.0. The molecular weight excluding hydrogens is 473 g/mol. The Balaban J connectivity index is 1.58. The third-order valence-electron chi connectivity index (χ3n) is 4.74. The number of hydrogen-bond acceptors (Lipinski definition) is 5. The fourth-order valence-corrected chi connectivity index (χ4v) is 4.07. The summed E-state index contributed by atoms with van der Waals surface area (Å²) in [5.74, 6) is -0.870. The number of carboxylic acid groups (broad SMARTS) is 1. The smallest absolute Gasteiger partial charge is 0.327 e. The Morgan fingerprint density at radius 2 is 1.88 bits per heavy atom. The van der Waals surface area contributed by atoms with E-state index in [-0.39, 0.29) is 27.5 Å². The van der Waals surface area contributed by atoms with E-state index in [0.717, 1.165) is 10.5 Å². The van der Waals surface area contributed by atoms with Crippen molar-refractivity contribution in [2.75, 3.05) is 0 Å². The zero-order chi connectivity index (χ0) is 22.8. The van der Waals surface area contributed by atoms with Crippen LogP contribution < -0.4 is 5.32 Å². The lowest BCUT2D eigenvalue weighted by molar-refractivity contribution is -0.145. The van der Waals surface area contributed by atoms with Crippen molar-refractivity contribution in [1.29, 1.82) is 0 Å². The minimum atomic E-state index is -1.15. The maximum absolute atomic E-state index is 13.0. The summed E-state index contributed by atoms with van der Waals surface area (Å²) >= 11 is 17.1. The number of carbonyl (C=O) groups is 2. The molecular formula is C22H15Cl2N3O4S. The van der Waals surface area contributed by atoms with Crippen LogP contribution in [0.5, 0.6) is 0 Å². The fourth-order valence-electron chi connectivity index (χ4n) is 3.29. The van der Waals surface area contributed by atoms with E-state index in [1.54, 1.807) is 48.5 Å². The third kappa shape index (κ3) is 4.67. The molecule has 0 aliphatic carbocycles. The van der Waals surface area contributed by atoms with Gasteiger partial charge in [-0.1, -0.05) is 53.5 Å². The van der Waals surface area contributed by atoms with E-state index in [9.17, 15) is 14.7 Å². The van der Waals surface area contributed by atoms with Gasteiger partial charge in [0, 0.05) is 18.1 Å². The number of hydrogen-bond donors (Lipinski definition) is 2. The molecule has 3 aromatic rings. The summed E-state index contributed by atoms with van der Waals surface area (Å²) in [6, 6.07) is 14.4. The van der Waals surface area contributed by atoms with Gasteiger partial charge in [0.25, 0.3) is 5.91 Å². The van der Waals surface area contributed by atoms with Crippen molar-refractivity contribution < 1.29 is 19.1 Å². The second-order valence-corrected chi connectivity index (χ2v) is 8.07. The number of aliphatic carboxylic acids is 1. The number of carbonyl (C=O) groups excluding carboxylic acids is 1. The van der Waals surface area contributed by atoms with Gasteiger partial charge >= 0.3 is 5.97 Å². The maximum Gasteiger partial charge on any atom is 0.327 e. The van der Waals surface area contributed by atoms with Crippen LogP contribution in [0.4, 0.5) is 0 Å². The van der Waals surface area contributed by atoms with Crippen molar-refractivity contribution in [3.8, 4) is 11.3 Å². The quantitative estimate of drug-likeness (QED) is 0.302. The van der Waals surface area contributed by atoms with Gasteiger partial charge in [-0.25, -0.2) is 9.78 Å². The minimum absolute atomic E-state index is 0.0176. The van der Waals surface area contributed by atoms with Crippen molar-refractivity contribution in [1.82, 2.24) is 15.2 Å². The van der Waals surface area contributed by atoms with Crippen LogP contribution in [-0.4, -0.2) is 38.0 Å². The molecule has 7 nitrogen and oxygen atoms in total. The highest BCUT2D eigenvalue weighted by atomic mass is 35.5. The molecule has 4 rings (SSSR count). The Morgan fingerprint density at radius 3 is 2.53 bits per heavy atom. The van der Waals surface area contributed by atoms with Gasteiger partial charge < -0.3 is 14.8 Å². The standard InChI is InChI=1S/C22H15Cl2N3O4S/c23-18-9-13(10-19(24)26-18)17-7-6-14(31-17)11-15-20(28)27(22(32)25-15)16(21(29)30)8-12-4-2-1-3-5-12/h1-7,9-11,16H,8H2,(H,25,32)(H,29,30)/b15-11+. The van der Waals surface area contributed by atoms with Gasteiger partial charge in [-0.05, 0) is 42.0 Å². The van der Waals surface area contributed by atoms with Gasteiger partial charge in [-0.15, -0.1) is 0 Å². The molecule has 10 heteroatoms. The second kappa shape index (κ2) is 9.12. The van der Waals surface area contributed by atoms with E-state index in [1.807, 2.05) is 6.07 Å². The lowest BCUT2D eigenvalue weighted by atomic mass is 10.0. The van der Waals surface area contributed by atoms with Crippen molar-refractivity contribution in [2.24, 2.45) is 0 Å². The largest absolute Gasteiger partial charge is 0.480 e. The molecule has 162 valence electrons. The molecule has 1 unspecified atom stereocenters. The first kappa shape index (κ1) is 22.0. The van der Waals surface area contributed by atoms with Crippen LogP contribution in [-0.2, 0) is 16.0 Å². The van der Waals surface area contributed by atoms with E-state index in [4.69, 9.17) is 39.8 Å². The van der Waals surface area contributed by atoms with Crippen LogP contribution in [0, 0.1) is 0 Å². The Kier molecular flexibility index (Phi) is 6.27. The van der Waals surface area contributed by atoms with Crippen molar-refractivity contribution in [3.05, 3.63) is 81.9 Å². The number of benzene rings is 1. The Bertz CT molecular complexity index is 1220. The first-order valence-electron chi connectivity index (χ1n) is 9.38. The number of thiocarbonyl (C=S) groups is 1. The monoisotopic (exact) mass is 487 g/mol. The molecule has 0 spiro atoms. The molecule has 0 saturated carbocycles. The summed E-state index contributed by atoms with van der Waals surface area (Å²) < 4.78 is 5.77. The molecule has 1 aliphatic heterocycles. The lowest BCUT2D eigenvalue weighted by Crippen LogP contribution is -2.46. The summed E-state index contributed by atoms with van der Waals surface area (Å²) in [5.41, 5.74) is 1.51. The molecule has 2 N–H and O–H groups in total. The number of pyridine rings is 1. The van der Waals surface area contributed by atoms with Crippen LogP contribution in [0.1, 0.15) is 11.3 Å². The third-order valence-corrected chi connectivity index (χ3v) is 5.42. The fraction of sp³-hybridized carbons (Fsp3) is 0.0909. The van der Waals surface area contributed by atoms with Gasteiger partial charge in [0.05, 0.1) is 0 Å². The lowest BCUT2D eigenvalue weighted by Gasteiger charge is -2.22. The highest BCUT2D eigenvalue weighted by Gasteiger charge is 2.39. The van der Waals surface area contributed by atoms with E-state index >= 15 is 0 Å². The van der Waals surface area contributed by atoms with Crippen LogP contribution in [0.2, 0.25) is 10.3 Å². The predicted octanol–water partition coefficient (Wildman–Crippen LogP) is 4.40. The highest BCUT2D eigenvalue weighted by Crippen LogP contribution is 2.28. The Hall–Kier alpha value is -3.20. The molecule has 32 heavy (non-hydrogen) atoms. The van der Waals surface area contributed by atoms with Gasteiger partial charge in [-0.2, -0.15) is 0 Å². The number of amides is 1. The van der Waals surface area contributed by atoms with E-state index < -0.39 is 17.9 Å². The van der Waals surface area contributed by atoms with Gasteiger partial charge in [0.1, 0.15) is 33.6 Å². The summed E-state index contributed by atoms with van der Waals surface area (Å²) in [7, 11) is 0. The number of carboxylic acids is 1. The van der Waals surface area contributed by atoms with Gasteiger partial charge in [0.15, 0.2) is 5.11 Å². The van der Waals surface area contributed by atoms with Crippen molar-refractivity contribution >= 4 is 58.5 Å². The van der Waals surface area contributed by atoms with Crippen LogP contribution in [0.3, 0.4) is 0 Å². The summed E-state index contributed by atoms with van der Waals surface area (Å²) in [6.45, 7) is 0. The first-order chi connectivity index (χ1) is 15.3. The average molecular weight is 488 g/mol. The molecule has 1 aliphatic rings. The summed E-state index contributed by atoms with van der Waals surface area (Å²) in [4.78, 5) is 29.9. The molecule has 1 aromatic carbocycles. The summed E-state index contributed by atoms with van der Waals surface area (Å²) in [6.07, 6.45) is 1.58. The predicted molar refractivity (Wildman–Crippen MR) is 124 cm³/mol. The summed E-state index contributed by atoms with van der Waals surface area (Å²) in [5, 5.41) is 13.0. The normalized spacial score (nSPS) is 15.8. The SMILES string of the molecule is O=C(O)C(Cc1ccccc1)N1C(=O)/C(=C\c2ccc(-c3cc(Cl)nc(Cl)c3)o2)NC1=S. The van der Waals surface area contributed by atoms with Crippen LogP contribution >= 0.6 is 35.4 Å². The topological polar surface area (TPSA) is 95.7 Å². The molecule has 3 heterocycles. The van der Waals surface area contributed by atoms with Crippen molar-refractivity contribution in [3.63, 3.8) is 0 Å². The minimum Gasteiger partial charge on any atom is -0.480 e. The van der Waals surface area contributed by atoms with Crippen molar-refractivity contribution in [2.45, 2.75) is 12.5 Å². The average Bonchev–Trinajstić information content (AvgIpc) is 3.31. The van der Waals surface area contributed by atoms with Crippen LogP contribution in [0.15, 0.2) is 64.7 Å². The van der Waals surface area contributed by atoms with E-state index in [1.165, 1.54) is 6.08 Å². The zero-order valence-corrected chi connectivity index (χ0v) is 18.6. The molecule has 1 amide bonds. The zero-order valence-electron chi connectivity index (χ0n) is 16.3. The van der Waals surface area contributed by atoms with Crippen LogP contribution in [0.25, 0.3) is 17.4 Å². The van der Waals surface area contributed by atoms with E-state index in [2.05, 4.69) is 10.3 Å². The molecule has 0 bridgehead atoms. The number of rotatable bonds is 6. The number of nitrogens with one attached hydrogen (secondary N) is 1. The number of aromatic nitrogens is 1. The molecule has 0 radical (unpaired) electrons. The van der Waals surface area contributed by atoms with Gasteiger partial charge in [0.2, 0.25) is 0 Å². The highest BCUT2D eigenvalue weighted by molar-refractivity contribution is 7.80. The molecule has 2 aromatic heterocycles. The second-order valence-electron chi connectivity index (χ2n) is 6.91. The van der Waals surface area contributed by atoms with Gasteiger partial charge in [-0.3, -0.25) is 9.69 Å². The Morgan fingerprint density at radius 1 is 1.19 bits per heavy atom.